The molecule has 0 spiro atoms. The molecular weight excluding hydrogens is 220 g/mol. The van der Waals surface area contributed by atoms with Crippen molar-refractivity contribution in [2.24, 2.45) is 5.92 Å². The van der Waals surface area contributed by atoms with Gasteiger partial charge in [-0.25, -0.2) is 0 Å². The number of hydrogen-bond acceptors (Lipinski definition) is 2. The first kappa shape index (κ1) is 13.0. The highest BCUT2D eigenvalue weighted by Crippen LogP contribution is 2.11. The van der Waals surface area contributed by atoms with E-state index in [1.54, 1.807) is 0 Å². The molecule has 3 heteroatoms. The fraction of sp³-hybridized carbons (Fsp3) is 0.462. The van der Waals surface area contributed by atoms with Crippen LogP contribution in [-0.4, -0.2) is 12.6 Å². The number of halogens is 1. The van der Waals surface area contributed by atoms with Gasteiger partial charge in [0.2, 0.25) is 0 Å². The van der Waals surface area contributed by atoms with Crippen molar-refractivity contribution in [2.45, 2.75) is 26.3 Å². The lowest BCUT2D eigenvalue weighted by Gasteiger charge is -2.14. The van der Waals surface area contributed by atoms with Gasteiger partial charge in [0.1, 0.15) is 0 Å². The largest absolute Gasteiger partial charge is 0.313 e. The molecule has 0 radical (unpaired) electrons. The minimum Gasteiger partial charge on any atom is -0.313 e. The van der Waals surface area contributed by atoms with Crippen LogP contribution in [0.3, 0.4) is 0 Å². The van der Waals surface area contributed by atoms with Crippen LogP contribution in [0.1, 0.15) is 19.4 Å². The van der Waals surface area contributed by atoms with Crippen molar-refractivity contribution in [1.29, 1.82) is 5.26 Å². The van der Waals surface area contributed by atoms with Crippen LogP contribution in [0.4, 0.5) is 0 Å². The molecule has 0 heterocycles. The molecule has 1 aromatic carbocycles. The van der Waals surface area contributed by atoms with Crippen LogP contribution < -0.4 is 5.32 Å². The van der Waals surface area contributed by atoms with Gasteiger partial charge >= 0.3 is 0 Å². The summed E-state index contributed by atoms with van der Waals surface area (Å²) in [5.74, 6) is 0.0627. The second-order valence-corrected chi connectivity index (χ2v) is 4.61. The maximum Gasteiger partial charge on any atom is 0.0666 e. The fourth-order valence-electron chi connectivity index (χ4n) is 1.47. The van der Waals surface area contributed by atoms with Crippen LogP contribution in [0.5, 0.6) is 0 Å². The van der Waals surface area contributed by atoms with E-state index < -0.39 is 0 Å². The molecule has 2 nitrogen and oxygen atoms in total. The molecule has 0 aliphatic rings. The van der Waals surface area contributed by atoms with Crippen molar-refractivity contribution in [1.82, 2.24) is 5.32 Å². The number of nitrogens with one attached hydrogen (secondary N) is 1. The molecule has 2 atom stereocenters. The van der Waals surface area contributed by atoms with Gasteiger partial charge in [0.05, 0.1) is 12.0 Å². The van der Waals surface area contributed by atoms with Crippen LogP contribution in [0.25, 0.3) is 0 Å². The normalized spacial score (nSPS) is 14.1. The molecule has 1 N–H and O–H groups in total. The average Bonchev–Trinajstić information content (AvgIpc) is 2.29. The first-order valence-electron chi connectivity index (χ1n) is 5.49. The second-order valence-electron chi connectivity index (χ2n) is 4.17. The van der Waals surface area contributed by atoms with E-state index in [1.807, 2.05) is 31.2 Å². The Balaban J connectivity index is 2.37. The van der Waals surface area contributed by atoms with E-state index in [9.17, 15) is 0 Å². The van der Waals surface area contributed by atoms with Gasteiger partial charge < -0.3 is 5.32 Å². The molecule has 0 aromatic heterocycles. The minimum atomic E-state index is 0.0627. The van der Waals surface area contributed by atoms with Crippen molar-refractivity contribution < 1.29 is 0 Å². The molecule has 0 saturated carbocycles. The SMILES string of the molecule is CC(C#N)CNC(C)Cc1ccc(Cl)cc1. The Bertz CT molecular complexity index is 353. The zero-order valence-electron chi connectivity index (χ0n) is 9.70. The lowest BCUT2D eigenvalue weighted by molar-refractivity contribution is 0.508. The van der Waals surface area contributed by atoms with Gasteiger partial charge in [-0.2, -0.15) is 5.26 Å². The Kier molecular flexibility index (Phi) is 5.31. The summed E-state index contributed by atoms with van der Waals surface area (Å²) in [5, 5.41) is 12.8. The quantitative estimate of drug-likeness (QED) is 0.853. The number of nitrogens with zero attached hydrogens (tertiary/aromatic N) is 1. The molecule has 0 aliphatic carbocycles. The molecule has 1 aromatic rings. The highest BCUT2D eigenvalue weighted by atomic mass is 35.5. The van der Waals surface area contributed by atoms with E-state index in [0.29, 0.717) is 6.04 Å². The zero-order valence-corrected chi connectivity index (χ0v) is 10.5. The van der Waals surface area contributed by atoms with Crippen LogP contribution in [0, 0.1) is 17.2 Å². The zero-order chi connectivity index (χ0) is 12.0. The van der Waals surface area contributed by atoms with E-state index in [4.69, 9.17) is 16.9 Å². The maximum absolute atomic E-state index is 8.66. The standard InChI is InChI=1S/C13H17ClN2/c1-10(8-15)9-16-11(2)7-12-3-5-13(14)6-4-12/h3-6,10-11,16H,7,9H2,1-2H3. The monoisotopic (exact) mass is 236 g/mol. The number of hydrogen-bond donors (Lipinski definition) is 1. The number of nitriles is 1. The van der Waals surface area contributed by atoms with Gasteiger partial charge in [-0.05, 0) is 38.0 Å². The third-order valence-corrected chi connectivity index (χ3v) is 2.70. The second kappa shape index (κ2) is 6.52. The Hall–Kier alpha value is -1.04. The van der Waals surface area contributed by atoms with E-state index in [0.717, 1.165) is 18.0 Å². The van der Waals surface area contributed by atoms with Crippen molar-refractivity contribution in [3.05, 3.63) is 34.9 Å². The average molecular weight is 237 g/mol. The fourth-order valence-corrected chi connectivity index (χ4v) is 1.60. The summed E-state index contributed by atoms with van der Waals surface area (Å²) in [7, 11) is 0. The van der Waals surface area contributed by atoms with Crippen LogP contribution >= 0.6 is 11.6 Å². The van der Waals surface area contributed by atoms with E-state index >= 15 is 0 Å². The molecule has 0 aliphatic heterocycles. The molecule has 0 amide bonds. The predicted octanol–water partition coefficient (Wildman–Crippen LogP) is 3.02. The summed E-state index contributed by atoms with van der Waals surface area (Å²) in [4.78, 5) is 0. The summed E-state index contributed by atoms with van der Waals surface area (Å²) < 4.78 is 0. The highest BCUT2D eigenvalue weighted by molar-refractivity contribution is 6.30. The lowest BCUT2D eigenvalue weighted by atomic mass is 10.1. The topological polar surface area (TPSA) is 35.8 Å². The first-order valence-corrected chi connectivity index (χ1v) is 5.87. The minimum absolute atomic E-state index is 0.0627. The molecule has 0 bridgehead atoms. The Labute approximate surface area is 102 Å². The summed E-state index contributed by atoms with van der Waals surface area (Å²) in [6.45, 7) is 4.78. The van der Waals surface area contributed by atoms with E-state index in [-0.39, 0.29) is 5.92 Å². The van der Waals surface area contributed by atoms with Gasteiger partial charge in [-0.3, -0.25) is 0 Å². The van der Waals surface area contributed by atoms with Crippen molar-refractivity contribution >= 4 is 11.6 Å². The smallest absolute Gasteiger partial charge is 0.0666 e. The summed E-state index contributed by atoms with van der Waals surface area (Å²) in [5.41, 5.74) is 1.26. The van der Waals surface area contributed by atoms with Gasteiger partial charge in [0, 0.05) is 17.6 Å². The van der Waals surface area contributed by atoms with Crippen LogP contribution in [0.2, 0.25) is 5.02 Å². The van der Waals surface area contributed by atoms with Crippen molar-refractivity contribution in [3.8, 4) is 6.07 Å². The third kappa shape index (κ3) is 4.65. The van der Waals surface area contributed by atoms with Gasteiger partial charge in [-0.1, -0.05) is 23.7 Å². The molecule has 2 unspecified atom stereocenters. The van der Waals surface area contributed by atoms with E-state index in [2.05, 4.69) is 18.3 Å². The van der Waals surface area contributed by atoms with Gasteiger partial charge in [0.25, 0.3) is 0 Å². The molecule has 1 rings (SSSR count). The number of rotatable bonds is 5. The summed E-state index contributed by atoms with van der Waals surface area (Å²) in [6, 6.07) is 10.5. The van der Waals surface area contributed by atoms with Gasteiger partial charge in [-0.15, -0.1) is 0 Å². The Morgan fingerprint density at radius 3 is 2.50 bits per heavy atom. The number of benzene rings is 1. The molecule has 0 fully saturated rings. The maximum atomic E-state index is 8.66. The Morgan fingerprint density at radius 2 is 1.94 bits per heavy atom. The molecule has 16 heavy (non-hydrogen) atoms. The predicted molar refractivity (Wildman–Crippen MR) is 67.4 cm³/mol. The molecule has 0 saturated heterocycles. The van der Waals surface area contributed by atoms with Crippen molar-refractivity contribution in [2.75, 3.05) is 6.54 Å². The Morgan fingerprint density at radius 1 is 1.31 bits per heavy atom. The molecular formula is C13H17ClN2. The third-order valence-electron chi connectivity index (χ3n) is 2.45. The van der Waals surface area contributed by atoms with Crippen LogP contribution in [-0.2, 0) is 6.42 Å². The van der Waals surface area contributed by atoms with Crippen LogP contribution in [0.15, 0.2) is 24.3 Å². The lowest BCUT2D eigenvalue weighted by Crippen LogP contribution is -2.31. The summed E-state index contributed by atoms with van der Waals surface area (Å²) in [6.07, 6.45) is 0.954. The first-order chi connectivity index (χ1) is 7.61. The van der Waals surface area contributed by atoms with Gasteiger partial charge in [0.15, 0.2) is 0 Å². The van der Waals surface area contributed by atoms with Crippen molar-refractivity contribution in [3.63, 3.8) is 0 Å². The molecule has 86 valence electrons. The van der Waals surface area contributed by atoms with E-state index in [1.165, 1.54) is 5.56 Å². The highest BCUT2D eigenvalue weighted by Gasteiger charge is 2.05. The summed E-state index contributed by atoms with van der Waals surface area (Å²) >= 11 is 5.82.